The van der Waals surface area contributed by atoms with Crippen molar-refractivity contribution in [3.63, 3.8) is 0 Å². The van der Waals surface area contributed by atoms with Gasteiger partial charge in [-0.05, 0) is 19.1 Å². The smallest absolute Gasteiger partial charge is 0.266 e. The van der Waals surface area contributed by atoms with Gasteiger partial charge in [-0.1, -0.05) is 18.2 Å². The molecular formula is C24H23F4N3O2. The number of amides is 1. The first-order valence-electron chi connectivity index (χ1n) is 10.4. The molecule has 2 heterocycles. The van der Waals surface area contributed by atoms with Gasteiger partial charge in [0.25, 0.3) is 6.43 Å². The summed E-state index contributed by atoms with van der Waals surface area (Å²) >= 11 is 0. The number of alkyl halides is 3. The molecule has 0 saturated carbocycles. The number of aromatic nitrogens is 1. The number of hydrogen-bond acceptors (Lipinski definition) is 4. The highest BCUT2D eigenvalue weighted by Crippen LogP contribution is 2.43. The Bertz CT molecular complexity index is 1210. The van der Waals surface area contributed by atoms with E-state index in [0.717, 1.165) is 6.07 Å². The van der Waals surface area contributed by atoms with Crippen molar-refractivity contribution in [2.24, 2.45) is 0 Å². The second kappa shape index (κ2) is 8.53. The van der Waals surface area contributed by atoms with Gasteiger partial charge in [-0.15, -0.1) is 0 Å². The molecule has 174 valence electrons. The molecule has 3 aromatic rings. The van der Waals surface area contributed by atoms with E-state index in [1.165, 1.54) is 37.3 Å². The summed E-state index contributed by atoms with van der Waals surface area (Å²) in [5.41, 5.74) is -1.02. The maximum absolute atomic E-state index is 15.6. The van der Waals surface area contributed by atoms with Crippen LogP contribution in [0.2, 0.25) is 0 Å². The Hall–Kier alpha value is -3.36. The van der Waals surface area contributed by atoms with Crippen LogP contribution in [0.4, 0.5) is 23.2 Å². The summed E-state index contributed by atoms with van der Waals surface area (Å²) in [6.45, 7) is 2.86. The largest absolute Gasteiger partial charge is 0.496 e. The van der Waals surface area contributed by atoms with Crippen LogP contribution in [-0.4, -0.2) is 36.0 Å². The maximum atomic E-state index is 15.6. The van der Waals surface area contributed by atoms with Crippen LogP contribution < -0.4 is 10.1 Å². The number of hydrogen-bond donors (Lipinski definition) is 1. The minimum absolute atomic E-state index is 0.0875. The molecule has 1 aromatic heterocycles. The van der Waals surface area contributed by atoms with Gasteiger partial charge in [0.1, 0.15) is 11.6 Å². The molecule has 1 unspecified atom stereocenters. The van der Waals surface area contributed by atoms with Gasteiger partial charge in [0, 0.05) is 41.4 Å². The zero-order valence-electron chi connectivity index (χ0n) is 18.3. The third-order valence-corrected chi connectivity index (χ3v) is 6.01. The van der Waals surface area contributed by atoms with Crippen LogP contribution in [0.1, 0.15) is 43.0 Å². The second-order valence-corrected chi connectivity index (χ2v) is 8.19. The van der Waals surface area contributed by atoms with Crippen LogP contribution >= 0.6 is 0 Å². The first-order valence-corrected chi connectivity index (χ1v) is 10.4. The predicted molar refractivity (Wildman–Crippen MR) is 117 cm³/mol. The van der Waals surface area contributed by atoms with Crippen molar-refractivity contribution >= 4 is 22.5 Å². The average Bonchev–Trinajstić information content (AvgIpc) is 2.75. The number of halogens is 4. The molecule has 9 heteroatoms. The molecule has 5 nitrogen and oxygen atoms in total. The molecule has 0 spiro atoms. The lowest BCUT2D eigenvalue weighted by atomic mass is 9.86. The van der Waals surface area contributed by atoms with E-state index in [2.05, 4.69) is 10.3 Å². The van der Waals surface area contributed by atoms with Gasteiger partial charge >= 0.3 is 0 Å². The van der Waals surface area contributed by atoms with Gasteiger partial charge in [0.05, 0.1) is 37.3 Å². The van der Waals surface area contributed by atoms with E-state index in [0.29, 0.717) is 22.3 Å². The van der Waals surface area contributed by atoms with Crippen LogP contribution in [0.3, 0.4) is 0 Å². The lowest BCUT2D eigenvalue weighted by Crippen LogP contribution is -2.58. The molecule has 1 saturated heterocycles. The summed E-state index contributed by atoms with van der Waals surface area (Å²) in [5.74, 6) is -0.870. The summed E-state index contributed by atoms with van der Waals surface area (Å²) in [6.07, 6.45) is -1.39. The summed E-state index contributed by atoms with van der Waals surface area (Å²) in [6, 6.07) is 8.10. The zero-order chi connectivity index (χ0) is 23.9. The number of carbonyl (C=O) groups excluding carboxylic acids is 1. The lowest BCUT2D eigenvalue weighted by molar-refractivity contribution is -0.143. The van der Waals surface area contributed by atoms with E-state index >= 15 is 4.39 Å². The maximum Gasteiger partial charge on any atom is 0.266 e. The number of ether oxygens (including phenoxy) is 1. The van der Waals surface area contributed by atoms with E-state index in [-0.39, 0.29) is 30.1 Å². The van der Waals surface area contributed by atoms with Crippen molar-refractivity contribution in [2.75, 3.05) is 25.5 Å². The van der Waals surface area contributed by atoms with Gasteiger partial charge < -0.3 is 15.0 Å². The first kappa shape index (κ1) is 22.8. The van der Waals surface area contributed by atoms with Gasteiger partial charge in [-0.25, -0.2) is 17.6 Å². The summed E-state index contributed by atoms with van der Waals surface area (Å²) in [5, 5.41) is 3.69. The fourth-order valence-electron chi connectivity index (χ4n) is 4.15. The number of pyridine rings is 1. The molecule has 1 fully saturated rings. The molecule has 1 atom stereocenters. The van der Waals surface area contributed by atoms with Gasteiger partial charge in [-0.2, -0.15) is 0 Å². The van der Waals surface area contributed by atoms with E-state index in [9.17, 15) is 18.0 Å². The summed E-state index contributed by atoms with van der Waals surface area (Å²) < 4.78 is 61.9. The molecule has 0 aliphatic carbocycles. The lowest BCUT2D eigenvalue weighted by Gasteiger charge is -2.44. The van der Waals surface area contributed by atoms with Crippen molar-refractivity contribution in [3.8, 4) is 5.75 Å². The molecule has 33 heavy (non-hydrogen) atoms. The zero-order valence-corrected chi connectivity index (χ0v) is 18.3. The Balaban J connectivity index is 1.72. The number of carbonyl (C=O) groups is 1. The molecule has 0 bridgehead atoms. The summed E-state index contributed by atoms with van der Waals surface area (Å²) in [4.78, 5) is 17.3. The number of nitrogens with zero attached hydrogens (tertiary/aromatic N) is 2. The number of fused-ring (bicyclic) bond motifs is 1. The minimum Gasteiger partial charge on any atom is -0.496 e. The van der Waals surface area contributed by atoms with Crippen molar-refractivity contribution < 1.29 is 27.1 Å². The fourth-order valence-corrected chi connectivity index (χ4v) is 4.15. The van der Waals surface area contributed by atoms with Crippen molar-refractivity contribution in [2.45, 2.75) is 32.0 Å². The average molecular weight is 461 g/mol. The Morgan fingerprint density at radius 1 is 1.21 bits per heavy atom. The van der Waals surface area contributed by atoms with E-state index in [4.69, 9.17) is 4.74 Å². The van der Waals surface area contributed by atoms with Crippen LogP contribution in [0.5, 0.6) is 5.75 Å². The van der Waals surface area contributed by atoms with Crippen molar-refractivity contribution in [1.82, 2.24) is 9.88 Å². The molecule has 1 aliphatic rings. The van der Waals surface area contributed by atoms with E-state index in [1.807, 2.05) is 0 Å². The Labute approximate surface area is 188 Å². The van der Waals surface area contributed by atoms with Crippen molar-refractivity contribution in [1.29, 1.82) is 0 Å². The molecule has 1 aliphatic heterocycles. The normalized spacial score (nSPS) is 15.9. The Morgan fingerprint density at radius 3 is 2.55 bits per heavy atom. The van der Waals surface area contributed by atoms with Crippen LogP contribution in [0.25, 0.3) is 10.9 Å². The molecule has 1 amide bonds. The molecular weight excluding hydrogens is 438 g/mol. The highest BCUT2D eigenvalue weighted by Gasteiger charge is 2.48. The number of methoxy groups -OCH3 is 1. The van der Waals surface area contributed by atoms with Crippen LogP contribution in [-0.2, 0) is 10.5 Å². The van der Waals surface area contributed by atoms with Crippen LogP contribution in [0, 0.1) is 5.82 Å². The number of rotatable bonds is 6. The van der Waals surface area contributed by atoms with E-state index < -0.39 is 29.5 Å². The third kappa shape index (κ3) is 4.07. The minimum atomic E-state index is -2.92. The second-order valence-electron chi connectivity index (χ2n) is 8.19. The van der Waals surface area contributed by atoms with E-state index in [1.54, 1.807) is 25.1 Å². The number of likely N-dealkylation sites (tertiary alicyclic amines) is 1. The third-order valence-electron chi connectivity index (χ3n) is 6.01. The molecule has 4 rings (SSSR count). The number of nitrogens with one attached hydrogen (secondary N) is 1. The SMILES string of the molecule is COc1cc2nccc(NC(C)c3cccc(C(F)F)c3F)c2cc1C1(F)CN(C(C)=O)C1. The Morgan fingerprint density at radius 2 is 1.91 bits per heavy atom. The first-order chi connectivity index (χ1) is 15.6. The fraction of sp³-hybridized carbons (Fsp3) is 0.333. The molecule has 1 N–H and O–H groups in total. The molecule has 0 radical (unpaired) electrons. The predicted octanol–water partition coefficient (Wildman–Crippen LogP) is 5.52. The van der Waals surface area contributed by atoms with Crippen molar-refractivity contribution in [3.05, 3.63) is 65.1 Å². The van der Waals surface area contributed by atoms with Gasteiger partial charge in [-0.3, -0.25) is 9.78 Å². The number of anilines is 1. The van der Waals surface area contributed by atoms with Crippen LogP contribution in [0.15, 0.2) is 42.6 Å². The summed E-state index contributed by atoms with van der Waals surface area (Å²) in [7, 11) is 1.43. The quantitative estimate of drug-likeness (QED) is 0.491. The molecule has 2 aromatic carbocycles. The topological polar surface area (TPSA) is 54.5 Å². The highest BCUT2D eigenvalue weighted by molar-refractivity contribution is 5.93. The van der Waals surface area contributed by atoms with Gasteiger partial charge in [0.15, 0.2) is 5.67 Å². The standard InChI is InChI=1S/C24H23F4N3O2/c1-13(15-5-4-6-16(22(15)25)23(26)27)30-19-7-8-29-20-10-21(33-3)18(9-17(19)20)24(28)11-31(12-24)14(2)32/h4-10,13,23H,11-12H2,1-3H3,(H,29,30). The number of benzene rings is 2. The Kier molecular flexibility index (Phi) is 5.90. The monoisotopic (exact) mass is 461 g/mol. The highest BCUT2D eigenvalue weighted by atomic mass is 19.3. The van der Waals surface area contributed by atoms with Gasteiger partial charge in [0.2, 0.25) is 5.91 Å².